The maximum atomic E-state index is 12.6. The number of ether oxygens (including phenoxy) is 1. The molecule has 2 aromatic carbocycles. The van der Waals surface area contributed by atoms with E-state index in [1.54, 1.807) is 44.2 Å². The van der Waals surface area contributed by atoms with E-state index in [-0.39, 0.29) is 10.5 Å². The van der Waals surface area contributed by atoms with Crippen molar-refractivity contribution in [1.82, 2.24) is 15.2 Å². The minimum atomic E-state index is -3.69. The van der Waals surface area contributed by atoms with Crippen molar-refractivity contribution >= 4 is 27.9 Å². The standard InChI is InChI=1S/C22H27N3O5S/c1-4-25(5-2)31(28,29)20-9-7-8-18(16-20)22(27)24-23-21(26)15-12-17-10-13-19(14-11-17)30-6-3/h7-16H,4-6H2,1-3H3,(H,23,26)(H,24,27)/b15-12+. The molecular weight excluding hydrogens is 418 g/mol. The molecule has 31 heavy (non-hydrogen) atoms. The predicted octanol–water partition coefficient (Wildman–Crippen LogP) is 2.59. The highest BCUT2D eigenvalue weighted by molar-refractivity contribution is 7.89. The number of carbonyl (C=O) groups excluding carboxylic acids is 2. The predicted molar refractivity (Wildman–Crippen MR) is 119 cm³/mol. The summed E-state index contributed by atoms with van der Waals surface area (Å²) >= 11 is 0. The molecule has 9 heteroatoms. The zero-order valence-electron chi connectivity index (χ0n) is 17.8. The van der Waals surface area contributed by atoms with E-state index < -0.39 is 21.8 Å². The molecule has 0 fully saturated rings. The Kier molecular flexibility index (Phi) is 8.77. The van der Waals surface area contributed by atoms with Crippen LogP contribution in [0.3, 0.4) is 0 Å². The van der Waals surface area contributed by atoms with Crippen molar-refractivity contribution in [2.45, 2.75) is 25.7 Å². The molecule has 2 amide bonds. The fourth-order valence-electron chi connectivity index (χ4n) is 2.76. The molecule has 0 aromatic heterocycles. The molecule has 0 aliphatic rings. The summed E-state index contributed by atoms with van der Waals surface area (Å²) in [6.45, 7) is 6.61. The second-order valence-corrected chi connectivity index (χ2v) is 8.33. The van der Waals surface area contributed by atoms with Crippen LogP contribution in [-0.4, -0.2) is 44.2 Å². The fraction of sp³-hybridized carbons (Fsp3) is 0.273. The third kappa shape index (κ3) is 6.66. The van der Waals surface area contributed by atoms with Gasteiger partial charge in [0.05, 0.1) is 11.5 Å². The number of benzene rings is 2. The Bertz CT molecular complexity index is 1030. The molecular formula is C22H27N3O5S. The average molecular weight is 446 g/mol. The Balaban J connectivity index is 1.98. The van der Waals surface area contributed by atoms with Crippen molar-refractivity contribution in [1.29, 1.82) is 0 Å². The van der Waals surface area contributed by atoms with E-state index in [9.17, 15) is 18.0 Å². The molecule has 2 N–H and O–H groups in total. The van der Waals surface area contributed by atoms with Gasteiger partial charge in [0.25, 0.3) is 11.8 Å². The molecule has 0 spiro atoms. The molecule has 0 atom stereocenters. The van der Waals surface area contributed by atoms with Crippen LogP contribution < -0.4 is 15.6 Å². The lowest BCUT2D eigenvalue weighted by molar-refractivity contribution is -0.117. The molecule has 0 saturated heterocycles. The monoisotopic (exact) mass is 445 g/mol. The van der Waals surface area contributed by atoms with Gasteiger partial charge in [-0.15, -0.1) is 0 Å². The van der Waals surface area contributed by atoms with Gasteiger partial charge in [-0.2, -0.15) is 4.31 Å². The number of rotatable bonds is 9. The first-order chi connectivity index (χ1) is 14.8. The molecule has 2 aromatic rings. The number of nitrogens with one attached hydrogen (secondary N) is 2. The van der Waals surface area contributed by atoms with Crippen molar-refractivity contribution in [2.75, 3.05) is 19.7 Å². The molecule has 2 rings (SSSR count). The van der Waals surface area contributed by atoms with Crippen LogP contribution in [0.2, 0.25) is 0 Å². The fourth-order valence-corrected chi connectivity index (χ4v) is 4.26. The van der Waals surface area contributed by atoms with Crippen LogP contribution in [0, 0.1) is 0 Å². The van der Waals surface area contributed by atoms with E-state index >= 15 is 0 Å². The largest absolute Gasteiger partial charge is 0.494 e. The molecule has 0 radical (unpaired) electrons. The van der Waals surface area contributed by atoms with Gasteiger partial charge in [-0.3, -0.25) is 20.4 Å². The summed E-state index contributed by atoms with van der Waals surface area (Å²) < 4.78 is 31.9. The van der Waals surface area contributed by atoms with E-state index in [1.807, 2.05) is 6.92 Å². The van der Waals surface area contributed by atoms with Crippen molar-refractivity contribution in [2.24, 2.45) is 0 Å². The lowest BCUT2D eigenvalue weighted by Gasteiger charge is -2.18. The van der Waals surface area contributed by atoms with E-state index in [4.69, 9.17) is 4.74 Å². The zero-order valence-corrected chi connectivity index (χ0v) is 18.6. The number of hydrazine groups is 1. The molecule has 8 nitrogen and oxygen atoms in total. The molecule has 0 unspecified atom stereocenters. The third-order valence-corrected chi connectivity index (χ3v) is 6.40. The van der Waals surface area contributed by atoms with Crippen LogP contribution in [0.4, 0.5) is 0 Å². The average Bonchev–Trinajstić information content (AvgIpc) is 2.78. The van der Waals surface area contributed by atoms with Crippen molar-refractivity contribution in [3.05, 3.63) is 65.7 Å². The number of hydrogen-bond acceptors (Lipinski definition) is 5. The quantitative estimate of drug-likeness (QED) is 0.456. The maximum Gasteiger partial charge on any atom is 0.269 e. The van der Waals surface area contributed by atoms with E-state index in [0.29, 0.717) is 19.7 Å². The van der Waals surface area contributed by atoms with Gasteiger partial charge in [0.15, 0.2) is 0 Å². The van der Waals surface area contributed by atoms with E-state index in [2.05, 4.69) is 10.9 Å². The first-order valence-electron chi connectivity index (χ1n) is 9.93. The third-order valence-electron chi connectivity index (χ3n) is 4.36. The summed E-state index contributed by atoms with van der Waals surface area (Å²) in [5.74, 6) is -0.421. The van der Waals surface area contributed by atoms with Gasteiger partial charge in [-0.05, 0) is 48.9 Å². The first-order valence-corrected chi connectivity index (χ1v) is 11.4. The summed E-state index contributed by atoms with van der Waals surface area (Å²) in [7, 11) is -3.69. The SMILES string of the molecule is CCOc1ccc(/C=C/C(=O)NNC(=O)c2cccc(S(=O)(=O)N(CC)CC)c2)cc1. The van der Waals surface area contributed by atoms with Crippen molar-refractivity contribution < 1.29 is 22.7 Å². The van der Waals surface area contributed by atoms with Gasteiger partial charge in [0, 0.05) is 24.7 Å². The van der Waals surface area contributed by atoms with Gasteiger partial charge >= 0.3 is 0 Å². The second kappa shape index (κ2) is 11.3. The van der Waals surface area contributed by atoms with Gasteiger partial charge in [-0.25, -0.2) is 8.42 Å². The molecule has 0 aliphatic heterocycles. The van der Waals surface area contributed by atoms with E-state index in [1.165, 1.54) is 34.6 Å². The Labute approximate surface area is 182 Å². The molecule has 0 aliphatic carbocycles. The summed E-state index contributed by atoms with van der Waals surface area (Å²) in [5.41, 5.74) is 5.46. The maximum absolute atomic E-state index is 12.6. The molecule has 0 saturated carbocycles. The second-order valence-electron chi connectivity index (χ2n) is 6.40. The van der Waals surface area contributed by atoms with Gasteiger partial charge in [-0.1, -0.05) is 32.0 Å². The minimum Gasteiger partial charge on any atom is -0.494 e. The molecule has 0 heterocycles. The molecule has 0 bridgehead atoms. The van der Waals surface area contributed by atoms with Crippen LogP contribution in [-0.2, 0) is 14.8 Å². The van der Waals surface area contributed by atoms with Crippen LogP contribution in [0.25, 0.3) is 6.08 Å². The van der Waals surface area contributed by atoms with Crippen molar-refractivity contribution in [3.63, 3.8) is 0 Å². The Hall–Kier alpha value is -3.17. The number of nitrogens with zero attached hydrogens (tertiary/aromatic N) is 1. The Morgan fingerprint density at radius 3 is 2.29 bits per heavy atom. The number of amides is 2. The Morgan fingerprint density at radius 1 is 1.00 bits per heavy atom. The van der Waals surface area contributed by atoms with Crippen LogP contribution >= 0.6 is 0 Å². The van der Waals surface area contributed by atoms with Gasteiger partial charge in [0.2, 0.25) is 10.0 Å². The lowest BCUT2D eigenvalue weighted by atomic mass is 10.2. The van der Waals surface area contributed by atoms with Crippen molar-refractivity contribution in [3.8, 4) is 5.75 Å². The van der Waals surface area contributed by atoms with Crippen LogP contribution in [0.5, 0.6) is 5.75 Å². The summed E-state index contributed by atoms with van der Waals surface area (Å²) in [6, 6.07) is 12.9. The highest BCUT2D eigenvalue weighted by Crippen LogP contribution is 2.17. The van der Waals surface area contributed by atoms with Gasteiger partial charge < -0.3 is 4.74 Å². The number of sulfonamides is 1. The zero-order chi connectivity index (χ0) is 22.9. The first kappa shape index (κ1) is 24.1. The smallest absolute Gasteiger partial charge is 0.269 e. The highest BCUT2D eigenvalue weighted by atomic mass is 32.2. The lowest BCUT2D eigenvalue weighted by Crippen LogP contribution is -2.40. The minimum absolute atomic E-state index is 0.0190. The van der Waals surface area contributed by atoms with Gasteiger partial charge in [0.1, 0.15) is 5.75 Å². The summed E-state index contributed by atoms with van der Waals surface area (Å²) in [6.07, 6.45) is 2.87. The highest BCUT2D eigenvalue weighted by Gasteiger charge is 2.22. The topological polar surface area (TPSA) is 105 Å². The van der Waals surface area contributed by atoms with Crippen LogP contribution in [0.1, 0.15) is 36.7 Å². The summed E-state index contributed by atoms with van der Waals surface area (Å²) in [5, 5.41) is 0. The number of hydrogen-bond donors (Lipinski definition) is 2. The summed E-state index contributed by atoms with van der Waals surface area (Å²) in [4.78, 5) is 24.3. The number of carbonyl (C=O) groups is 2. The Morgan fingerprint density at radius 2 is 1.68 bits per heavy atom. The normalized spacial score (nSPS) is 11.5. The van der Waals surface area contributed by atoms with E-state index in [0.717, 1.165) is 11.3 Å². The van der Waals surface area contributed by atoms with Crippen LogP contribution in [0.15, 0.2) is 59.5 Å². The molecule has 166 valence electrons.